The molecule has 1 aromatic carbocycles. The fraction of sp³-hybridized carbons (Fsp3) is 0.476. The van der Waals surface area contributed by atoms with Gasteiger partial charge in [0.25, 0.3) is 0 Å². The molecule has 0 radical (unpaired) electrons. The second-order valence-corrected chi connectivity index (χ2v) is 6.56. The number of anilines is 1. The number of aromatic nitrogens is 1. The van der Waals surface area contributed by atoms with E-state index in [1.54, 1.807) is 0 Å². The van der Waals surface area contributed by atoms with Crippen LogP contribution in [0.15, 0.2) is 46.6 Å². The number of morpholine rings is 1. The lowest BCUT2D eigenvalue weighted by Crippen LogP contribution is -2.36. The minimum atomic E-state index is 0.452. The molecule has 7 heteroatoms. The first-order chi connectivity index (χ1) is 13.7. The standard InChI is InChI=1S/C21H28N4O3/c1-3-26-11-12-28-21-15-19(25-7-9-27-10-8-25)14-20(23-21)24-22-16-18-6-4-5-17(2)13-18/h4-6,13-15H,3,7-12,16H2,1-2H3. The number of aryl methyl sites for hydroxylation is 1. The number of benzene rings is 1. The maximum absolute atomic E-state index is 5.76. The van der Waals surface area contributed by atoms with E-state index in [0.29, 0.717) is 51.3 Å². The molecule has 0 saturated carbocycles. The molecule has 0 spiro atoms. The Hall–Kier alpha value is -2.51. The van der Waals surface area contributed by atoms with Crippen LogP contribution in [0.1, 0.15) is 18.1 Å². The molecule has 0 aliphatic carbocycles. The van der Waals surface area contributed by atoms with Crippen LogP contribution >= 0.6 is 0 Å². The van der Waals surface area contributed by atoms with Crippen molar-refractivity contribution >= 4 is 11.5 Å². The number of nitrogens with zero attached hydrogens (tertiary/aromatic N) is 4. The lowest BCUT2D eigenvalue weighted by molar-refractivity contribution is 0.108. The molecule has 1 aliphatic rings. The molecule has 150 valence electrons. The van der Waals surface area contributed by atoms with Crippen LogP contribution in [0.25, 0.3) is 0 Å². The Bertz CT molecular complexity index is 776. The summed E-state index contributed by atoms with van der Waals surface area (Å²) in [5.41, 5.74) is 3.36. The van der Waals surface area contributed by atoms with Gasteiger partial charge in [-0.2, -0.15) is 10.1 Å². The summed E-state index contributed by atoms with van der Waals surface area (Å²) in [4.78, 5) is 6.73. The van der Waals surface area contributed by atoms with E-state index in [0.717, 1.165) is 24.3 Å². The van der Waals surface area contributed by atoms with Gasteiger partial charge in [-0.1, -0.05) is 29.8 Å². The van der Waals surface area contributed by atoms with E-state index >= 15 is 0 Å². The van der Waals surface area contributed by atoms with E-state index in [9.17, 15) is 0 Å². The number of pyridine rings is 1. The highest BCUT2D eigenvalue weighted by molar-refractivity contribution is 5.55. The predicted molar refractivity (Wildman–Crippen MR) is 109 cm³/mol. The Morgan fingerprint density at radius 3 is 2.79 bits per heavy atom. The van der Waals surface area contributed by atoms with E-state index in [-0.39, 0.29) is 0 Å². The van der Waals surface area contributed by atoms with Crippen LogP contribution in [0.3, 0.4) is 0 Å². The van der Waals surface area contributed by atoms with Gasteiger partial charge < -0.3 is 19.1 Å². The summed E-state index contributed by atoms with van der Waals surface area (Å²) in [5.74, 6) is 1.08. The van der Waals surface area contributed by atoms with Crippen molar-refractivity contribution < 1.29 is 14.2 Å². The summed E-state index contributed by atoms with van der Waals surface area (Å²) in [5, 5.41) is 8.67. The van der Waals surface area contributed by atoms with Crippen LogP contribution in [0.2, 0.25) is 0 Å². The van der Waals surface area contributed by atoms with Crippen molar-refractivity contribution in [2.24, 2.45) is 10.2 Å². The molecular weight excluding hydrogens is 356 g/mol. The van der Waals surface area contributed by atoms with Crippen LogP contribution in [0, 0.1) is 6.92 Å². The highest BCUT2D eigenvalue weighted by atomic mass is 16.5. The van der Waals surface area contributed by atoms with E-state index in [1.807, 2.05) is 31.2 Å². The molecule has 0 N–H and O–H groups in total. The molecule has 1 saturated heterocycles. The van der Waals surface area contributed by atoms with Crippen LogP contribution in [0.4, 0.5) is 11.5 Å². The summed E-state index contributed by atoms with van der Waals surface area (Å²) in [6.45, 7) is 9.31. The topological polar surface area (TPSA) is 68.5 Å². The molecule has 0 bridgehead atoms. The number of hydrogen-bond donors (Lipinski definition) is 0. The van der Waals surface area contributed by atoms with Crippen molar-refractivity contribution in [3.63, 3.8) is 0 Å². The molecule has 1 aliphatic heterocycles. The first-order valence-electron chi connectivity index (χ1n) is 9.73. The second kappa shape index (κ2) is 10.7. The Balaban J connectivity index is 1.72. The number of azo groups is 1. The van der Waals surface area contributed by atoms with E-state index in [2.05, 4.69) is 39.2 Å². The first-order valence-corrected chi connectivity index (χ1v) is 9.73. The van der Waals surface area contributed by atoms with Crippen LogP contribution in [-0.4, -0.2) is 51.1 Å². The summed E-state index contributed by atoms with van der Waals surface area (Å²) < 4.78 is 16.5. The Labute approximate surface area is 166 Å². The number of ether oxygens (including phenoxy) is 3. The summed E-state index contributed by atoms with van der Waals surface area (Å²) in [7, 11) is 0. The lowest BCUT2D eigenvalue weighted by atomic mass is 10.1. The Morgan fingerprint density at radius 2 is 2.00 bits per heavy atom. The monoisotopic (exact) mass is 384 g/mol. The smallest absolute Gasteiger partial charge is 0.217 e. The van der Waals surface area contributed by atoms with Crippen molar-refractivity contribution in [1.29, 1.82) is 0 Å². The molecule has 1 fully saturated rings. The average Bonchev–Trinajstić information content (AvgIpc) is 2.72. The van der Waals surface area contributed by atoms with Crippen molar-refractivity contribution in [3.8, 4) is 5.88 Å². The summed E-state index contributed by atoms with van der Waals surface area (Å²) in [6, 6.07) is 12.1. The molecule has 7 nitrogen and oxygen atoms in total. The molecule has 0 atom stereocenters. The average molecular weight is 384 g/mol. The molecule has 28 heavy (non-hydrogen) atoms. The molecule has 0 unspecified atom stereocenters. The summed E-state index contributed by atoms with van der Waals surface area (Å²) >= 11 is 0. The third-order valence-corrected chi connectivity index (χ3v) is 4.34. The third-order valence-electron chi connectivity index (χ3n) is 4.34. The quantitative estimate of drug-likeness (QED) is 0.484. The summed E-state index contributed by atoms with van der Waals surface area (Å²) in [6.07, 6.45) is 0. The van der Waals surface area contributed by atoms with Gasteiger partial charge in [-0.05, 0) is 19.4 Å². The maximum Gasteiger partial charge on any atom is 0.217 e. The van der Waals surface area contributed by atoms with Gasteiger partial charge in [-0.3, -0.25) is 0 Å². The van der Waals surface area contributed by atoms with E-state index in [4.69, 9.17) is 14.2 Å². The molecule has 1 aromatic heterocycles. The van der Waals surface area contributed by atoms with Gasteiger partial charge in [-0.25, -0.2) is 0 Å². The Kier molecular flexibility index (Phi) is 7.75. The molecule has 2 aromatic rings. The molecule has 2 heterocycles. The highest BCUT2D eigenvalue weighted by Crippen LogP contribution is 2.26. The first kappa shape index (κ1) is 20.2. The van der Waals surface area contributed by atoms with Gasteiger partial charge in [0.1, 0.15) is 6.61 Å². The molecule has 0 amide bonds. The van der Waals surface area contributed by atoms with E-state index < -0.39 is 0 Å². The van der Waals surface area contributed by atoms with Crippen molar-refractivity contribution in [1.82, 2.24) is 4.98 Å². The highest BCUT2D eigenvalue weighted by Gasteiger charge is 2.14. The third kappa shape index (κ3) is 6.28. The number of hydrogen-bond acceptors (Lipinski definition) is 7. The predicted octanol–water partition coefficient (Wildman–Crippen LogP) is 3.93. The normalized spacial score (nSPS) is 14.6. The second-order valence-electron chi connectivity index (χ2n) is 6.56. The van der Waals surface area contributed by atoms with E-state index in [1.165, 1.54) is 5.56 Å². The molecule has 3 rings (SSSR count). The maximum atomic E-state index is 5.76. The SMILES string of the molecule is CCOCCOc1cc(N2CCOCC2)cc(N=NCc2cccc(C)c2)n1. The fourth-order valence-corrected chi connectivity index (χ4v) is 2.96. The minimum Gasteiger partial charge on any atom is -0.475 e. The van der Waals surface area contributed by atoms with Gasteiger partial charge in [0.2, 0.25) is 5.88 Å². The molecular formula is C21H28N4O3. The van der Waals surface area contributed by atoms with Crippen LogP contribution in [0.5, 0.6) is 5.88 Å². The van der Waals surface area contributed by atoms with Crippen molar-refractivity contribution in [2.45, 2.75) is 20.4 Å². The van der Waals surface area contributed by atoms with Gasteiger partial charge in [0.05, 0.1) is 26.4 Å². The zero-order chi connectivity index (χ0) is 19.6. The minimum absolute atomic E-state index is 0.452. The van der Waals surface area contributed by atoms with Gasteiger partial charge in [0.15, 0.2) is 5.82 Å². The van der Waals surface area contributed by atoms with Gasteiger partial charge in [0, 0.05) is 37.5 Å². The zero-order valence-electron chi connectivity index (χ0n) is 16.6. The lowest BCUT2D eigenvalue weighted by Gasteiger charge is -2.29. The van der Waals surface area contributed by atoms with Crippen LogP contribution in [-0.2, 0) is 16.0 Å². The van der Waals surface area contributed by atoms with Crippen molar-refractivity contribution in [2.75, 3.05) is 51.0 Å². The van der Waals surface area contributed by atoms with Gasteiger partial charge >= 0.3 is 0 Å². The fourth-order valence-electron chi connectivity index (χ4n) is 2.96. The number of rotatable bonds is 9. The van der Waals surface area contributed by atoms with Crippen molar-refractivity contribution in [3.05, 3.63) is 47.5 Å². The van der Waals surface area contributed by atoms with Crippen LogP contribution < -0.4 is 9.64 Å². The van der Waals surface area contributed by atoms with Gasteiger partial charge in [-0.15, -0.1) is 5.11 Å². The largest absolute Gasteiger partial charge is 0.475 e. The zero-order valence-corrected chi connectivity index (χ0v) is 16.6. The Morgan fingerprint density at radius 1 is 1.14 bits per heavy atom.